The fourth-order valence-electron chi connectivity index (χ4n) is 3.19. The molecule has 1 heterocycles. The third-order valence-corrected chi connectivity index (χ3v) is 6.69. The van der Waals surface area contributed by atoms with E-state index >= 15 is 0 Å². The first-order chi connectivity index (χ1) is 13.8. The molecule has 29 heavy (non-hydrogen) atoms. The highest BCUT2D eigenvalue weighted by molar-refractivity contribution is 7.91. The van der Waals surface area contributed by atoms with Gasteiger partial charge >= 0.3 is 0 Å². The van der Waals surface area contributed by atoms with Gasteiger partial charge in [-0.05, 0) is 52.0 Å². The molecule has 3 aromatic rings. The molecular formula is C22H25N3O3S. The smallest absolute Gasteiger partial charge is 0.263 e. The molecule has 6 nitrogen and oxygen atoms in total. The van der Waals surface area contributed by atoms with Crippen LogP contribution in [0.4, 0.5) is 5.95 Å². The second-order valence-corrected chi connectivity index (χ2v) is 8.67. The maximum atomic E-state index is 13.3. The van der Waals surface area contributed by atoms with Gasteiger partial charge in [0.1, 0.15) is 0 Å². The molecule has 0 spiro atoms. The standard InChI is InChI=1S/C22H25N3O3S/c1-5-24(6-2)22-23-20(29(27,28)19-14-12-16(3)13-15-19)17(4)21(26)25(22)18-10-8-7-9-11-18/h7-15H,5-6H2,1-4H3. The van der Waals surface area contributed by atoms with E-state index in [0.717, 1.165) is 5.56 Å². The Labute approximate surface area is 171 Å². The quantitative estimate of drug-likeness (QED) is 0.580. The summed E-state index contributed by atoms with van der Waals surface area (Å²) < 4.78 is 28.1. The third kappa shape index (κ3) is 3.82. The van der Waals surface area contributed by atoms with E-state index in [1.54, 1.807) is 24.3 Å². The monoisotopic (exact) mass is 411 g/mol. The van der Waals surface area contributed by atoms with Crippen molar-refractivity contribution in [2.24, 2.45) is 0 Å². The second kappa shape index (κ2) is 8.21. The van der Waals surface area contributed by atoms with Crippen LogP contribution in [-0.4, -0.2) is 31.1 Å². The van der Waals surface area contributed by atoms with Crippen molar-refractivity contribution in [3.63, 3.8) is 0 Å². The zero-order chi connectivity index (χ0) is 21.2. The predicted octanol–water partition coefficient (Wildman–Crippen LogP) is 3.53. The number of aryl methyl sites for hydroxylation is 1. The lowest BCUT2D eigenvalue weighted by Gasteiger charge is -2.25. The van der Waals surface area contributed by atoms with Crippen molar-refractivity contribution in [3.05, 3.63) is 76.1 Å². The number of aromatic nitrogens is 2. The number of hydrogen-bond donors (Lipinski definition) is 0. The van der Waals surface area contributed by atoms with Crippen LogP contribution in [0.3, 0.4) is 0 Å². The minimum Gasteiger partial charge on any atom is -0.342 e. The van der Waals surface area contributed by atoms with Crippen molar-refractivity contribution >= 4 is 15.8 Å². The maximum Gasteiger partial charge on any atom is 0.263 e. The Bertz CT molecular complexity index is 1160. The number of nitrogens with zero attached hydrogens (tertiary/aromatic N) is 3. The molecule has 3 rings (SSSR count). The molecule has 0 aliphatic carbocycles. The fraction of sp³-hybridized carbons (Fsp3) is 0.273. The number of para-hydroxylation sites is 1. The van der Waals surface area contributed by atoms with Gasteiger partial charge in [-0.3, -0.25) is 4.79 Å². The molecule has 0 amide bonds. The zero-order valence-electron chi connectivity index (χ0n) is 17.1. The van der Waals surface area contributed by atoms with Gasteiger partial charge in [-0.25, -0.2) is 18.0 Å². The molecule has 0 aliphatic heterocycles. The molecule has 2 aromatic carbocycles. The van der Waals surface area contributed by atoms with E-state index in [-0.39, 0.29) is 15.5 Å². The van der Waals surface area contributed by atoms with E-state index in [2.05, 4.69) is 4.98 Å². The van der Waals surface area contributed by atoms with Crippen LogP contribution in [0.15, 0.2) is 69.3 Å². The van der Waals surface area contributed by atoms with Gasteiger partial charge in [0.15, 0.2) is 5.03 Å². The first-order valence-corrected chi connectivity index (χ1v) is 11.0. The molecule has 0 saturated carbocycles. The van der Waals surface area contributed by atoms with Crippen molar-refractivity contribution in [1.29, 1.82) is 0 Å². The Morgan fingerprint density at radius 2 is 1.52 bits per heavy atom. The van der Waals surface area contributed by atoms with E-state index in [9.17, 15) is 13.2 Å². The largest absolute Gasteiger partial charge is 0.342 e. The number of rotatable bonds is 6. The lowest BCUT2D eigenvalue weighted by molar-refractivity contribution is 0.589. The van der Waals surface area contributed by atoms with Gasteiger partial charge < -0.3 is 4.90 Å². The van der Waals surface area contributed by atoms with E-state index in [4.69, 9.17) is 0 Å². The van der Waals surface area contributed by atoms with Gasteiger partial charge in [0.05, 0.1) is 16.1 Å². The number of hydrogen-bond acceptors (Lipinski definition) is 5. The molecule has 0 saturated heterocycles. The average Bonchev–Trinajstić information content (AvgIpc) is 2.72. The highest BCUT2D eigenvalue weighted by atomic mass is 32.2. The van der Waals surface area contributed by atoms with Gasteiger partial charge in [-0.15, -0.1) is 0 Å². The highest BCUT2D eigenvalue weighted by Gasteiger charge is 2.27. The van der Waals surface area contributed by atoms with Crippen LogP contribution in [0.25, 0.3) is 5.69 Å². The minimum atomic E-state index is -3.93. The van der Waals surface area contributed by atoms with Gasteiger partial charge in [0.25, 0.3) is 5.56 Å². The summed E-state index contributed by atoms with van der Waals surface area (Å²) in [6, 6.07) is 15.7. The van der Waals surface area contributed by atoms with Crippen LogP contribution >= 0.6 is 0 Å². The van der Waals surface area contributed by atoms with E-state index in [0.29, 0.717) is 24.7 Å². The molecular weight excluding hydrogens is 386 g/mol. The molecule has 152 valence electrons. The molecule has 0 atom stereocenters. The number of sulfone groups is 1. The second-order valence-electron chi connectivity index (χ2n) is 6.81. The van der Waals surface area contributed by atoms with Crippen molar-refractivity contribution in [3.8, 4) is 5.69 Å². The average molecular weight is 412 g/mol. The molecule has 0 radical (unpaired) electrons. The SMILES string of the molecule is CCN(CC)c1nc(S(=O)(=O)c2ccc(C)cc2)c(C)c(=O)n1-c1ccccc1. The number of anilines is 1. The summed E-state index contributed by atoms with van der Waals surface area (Å²) in [6.45, 7) is 8.46. The Kier molecular flexibility index (Phi) is 5.88. The molecule has 0 fully saturated rings. The summed E-state index contributed by atoms with van der Waals surface area (Å²) in [6.07, 6.45) is 0. The first-order valence-electron chi connectivity index (χ1n) is 9.57. The molecule has 1 aromatic heterocycles. The molecule has 0 aliphatic rings. The zero-order valence-corrected chi connectivity index (χ0v) is 17.9. The maximum absolute atomic E-state index is 13.3. The Morgan fingerprint density at radius 1 is 0.931 bits per heavy atom. The Balaban J connectivity index is 2.33. The summed E-state index contributed by atoms with van der Waals surface area (Å²) in [7, 11) is -3.93. The summed E-state index contributed by atoms with van der Waals surface area (Å²) >= 11 is 0. The predicted molar refractivity (Wildman–Crippen MR) is 115 cm³/mol. The van der Waals surface area contributed by atoms with Gasteiger partial charge in [-0.1, -0.05) is 35.9 Å². The van der Waals surface area contributed by atoms with Crippen LogP contribution in [0.1, 0.15) is 25.0 Å². The summed E-state index contributed by atoms with van der Waals surface area (Å²) in [5.74, 6) is 0.322. The Morgan fingerprint density at radius 3 is 2.07 bits per heavy atom. The normalized spacial score (nSPS) is 11.4. The number of benzene rings is 2. The molecule has 0 unspecified atom stereocenters. The molecule has 0 N–H and O–H groups in total. The van der Waals surface area contributed by atoms with Gasteiger partial charge in [-0.2, -0.15) is 0 Å². The minimum absolute atomic E-state index is 0.102. The highest BCUT2D eigenvalue weighted by Crippen LogP contribution is 2.25. The summed E-state index contributed by atoms with van der Waals surface area (Å²) in [5.41, 5.74) is 1.32. The summed E-state index contributed by atoms with van der Waals surface area (Å²) in [4.78, 5) is 19.8. The summed E-state index contributed by atoms with van der Waals surface area (Å²) in [5, 5.41) is -0.194. The van der Waals surface area contributed by atoms with Gasteiger partial charge in [0.2, 0.25) is 15.8 Å². The van der Waals surface area contributed by atoms with Crippen molar-refractivity contribution < 1.29 is 8.42 Å². The van der Waals surface area contributed by atoms with Crippen LogP contribution in [-0.2, 0) is 9.84 Å². The van der Waals surface area contributed by atoms with Crippen LogP contribution in [0, 0.1) is 13.8 Å². The van der Waals surface area contributed by atoms with Gasteiger partial charge in [0, 0.05) is 13.1 Å². The lowest BCUT2D eigenvalue weighted by atomic mass is 10.2. The van der Waals surface area contributed by atoms with Crippen molar-refractivity contribution in [1.82, 2.24) is 9.55 Å². The third-order valence-electron chi connectivity index (χ3n) is 4.89. The van der Waals surface area contributed by atoms with Crippen molar-refractivity contribution in [2.45, 2.75) is 37.6 Å². The van der Waals surface area contributed by atoms with E-state index in [1.807, 2.05) is 56.0 Å². The van der Waals surface area contributed by atoms with Crippen LogP contribution in [0.5, 0.6) is 0 Å². The van der Waals surface area contributed by atoms with E-state index in [1.165, 1.54) is 11.5 Å². The Hall–Kier alpha value is -2.93. The molecule has 7 heteroatoms. The topological polar surface area (TPSA) is 72.3 Å². The van der Waals surface area contributed by atoms with Crippen LogP contribution < -0.4 is 10.5 Å². The van der Waals surface area contributed by atoms with Crippen molar-refractivity contribution in [2.75, 3.05) is 18.0 Å². The van der Waals surface area contributed by atoms with Crippen LogP contribution in [0.2, 0.25) is 0 Å². The first kappa shape index (κ1) is 20.8. The lowest BCUT2D eigenvalue weighted by Crippen LogP contribution is -2.34. The van der Waals surface area contributed by atoms with E-state index < -0.39 is 15.4 Å². The fourth-order valence-corrected chi connectivity index (χ4v) is 4.60. The molecule has 0 bridgehead atoms.